The lowest BCUT2D eigenvalue weighted by atomic mass is 10.2. The van der Waals surface area contributed by atoms with Crippen LogP contribution in [0.4, 0.5) is 41.1 Å². The van der Waals surface area contributed by atoms with Gasteiger partial charge < -0.3 is 9.47 Å². The molecule has 2 fully saturated rings. The highest BCUT2D eigenvalue weighted by Gasteiger charge is 2.30. The highest BCUT2D eigenvalue weighted by atomic mass is 19.1. The molecule has 0 radical (unpaired) electrons. The molecule has 2 amide bonds. The number of benzene rings is 2. The minimum atomic E-state index is -1.17. The number of cyclic esters (lactones) is 2. The predicted octanol–water partition coefficient (Wildman–Crippen LogP) is 3.38. The van der Waals surface area contributed by atoms with E-state index in [1.165, 1.54) is 29.2 Å². The van der Waals surface area contributed by atoms with E-state index in [1.807, 2.05) is 0 Å². The molecule has 2 aliphatic rings. The van der Waals surface area contributed by atoms with Crippen LogP contribution in [0.25, 0.3) is 0 Å². The second-order valence-corrected chi connectivity index (χ2v) is 6.32. The third-order valence-corrected chi connectivity index (χ3v) is 4.38. The summed E-state index contributed by atoms with van der Waals surface area (Å²) in [6, 6.07) is 6.91. The number of carbonyl (C=O) groups excluding carboxylic acids is 2. The van der Waals surface area contributed by atoms with E-state index >= 15 is 0 Å². The number of non-ortho nitro benzene ring substituents is 2. The molecule has 0 N–H and O–H groups in total. The first-order valence-corrected chi connectivity index (χ1v) is 8.95. The van der Waals surface area contributed by atoms with Gasteiger partial charge in [0.1, 0.15) is 18.9 Å². The van der Waals surface area contributed by atoms with Gasteiger partial charge in [-0.1, -0.05) is 0 Å². The average molecular weight is 452 g/mol. The Morgan fingerprint density at radius 1 is 0.781 bits per heavy atom. The minimum absolute atomic E-state index is 0.00445. The third-order valence-electron chi connectivity index (χ3n) is 4.38. The van der Waals surface area contributed by atoms with Gasteiger partial charge in [-0.3, -0.25) is 30.0 Å². The number of nitro benzene ring substituents is 2. The fourth-order valence-electron chi connectivity index (χ4n) is 2.89. The van der Waals surface area contributed by atoms with Gasteiger partial charge >= 0.3 is 12.2 Å². The number of hydrogen-bond acceptors (Lipinski definition) is 8. The molecule has 2 aromatic rings. The molecule has 2 heterocycles. The van der Waals surface area contributed by atoms with E-state index in [2.05, 4.69) is 4.74 Å². The van der Waals surface area contributed by atoms with Gasteiger partial charge in [-0.25, -0.2) is 18.4 Å². The van der Waals surface area contributed by atoms with Crippen molar-refractivity contribution in [2.24, 2.45) is 0 Å². The molecule has 0 saturated carbocycles. The topological polar surface area (TPSA) is 145 Å². The van der Waals surface area contributed by atoms with Crippen LogP contribution in [0.3, 0.4) is 0 Å². The Bertz CT molecular complexity index is 1060. The molecule has 2 saturated heterocycles. The molecule has 0 spiro atoms. The summed E-state index contributed by atoms with van der Waals surface area (Å²) in [7, 11) is 0. The molecular weight excluding hydrogens is 438 g/mol. The Morgan fingerprint density at radius 3 is 1.66 bits per heavy atom. The molecule has 32 heavy (non-hydrogen) atoms. The number of hydrogen-bond donors (Lipinski definition) is 0. The van der Waals surface area contributed by atoms with Crippen molar-refractivity contribution < 1.29 is 37.7 Å². The van der Waals surface area contributed by atoms with Crippen LogP contribution >= 0.6 is 0 Å². The number of anilines is 2. The van der Waals surface area contributed by atoms with E-state index in [0.717, 1.165) is 4.90 Å². The van der Waals surface area contributed by atoms with Crippen molar-refractivity contribution in [3.05, 3.63) is 68.3 Å². The van der Waals surface area contributed by atoms with Gasteiger partial charge in [-0.15, -0.1) is 0 Å². The molecule has 4 rings (SSSR count). The summed E-state index contributed by atoms with van der Waals surface area (Å²) in [6.45, 7) is 0.867. The van der Waals surface area contributed by atoms with Crippen molar-refractivity contribution in [3.63, 3.8) is 0 Å². The van der Waals surface area contributed by atoms with E-state index in [0.29, 0.717) is 31.0 Å². The van der Waals surface area contributed by atoms with Gasteiger partial charge in [-0.2, -0.15) is 0 Å². The fourth-order valence-corrected chi connectivity index (χ4v) is 2.89. The lowest BCUT2D eigenvalue weighted by Gasteiger charge is -2.14. The van der Waals surface area contributed by atoms with Crippen molar-refractivity contribution in [1.82, 2.24) is 0 Å². The number of nitrogens with zero attached hydrogens (tertiary/aromatic N) is 4. The fraction of sp³-hybridized carbons (Fsp3) is 0.222. The Labute approximate surface area is 177 Å². The first-order chi connectivity index (χ1) is 15.2. The van der Waals surface area contributed by atoms with Crippen molar-refractivity contribution in [1.29, 1.82) is 0 Å². The number of ether oxygens (including phenoxy) is 2. The first-order valence-electron chi connectivity index (χ1n) is 8.95. The van der Waals surface area contributed by atoms with Crippen LogP contribution in [-0.4, -0.2) is 48.3 Å². The van der Waals surface area contributed by atoms with Crippen molar-refractivity contribution in [2.75, 3.05) is 36.1 Å². The van der Waals surface area contributed by atoms with Crippen LogP contribution in [0.5, 0.6) is 0 Å². The van der Waals surface area contributed by atoms with E-state index in [9.17, 15) is 38.6 Å². The number of rotatable bonds is 4. The van der Waals surface area contributed by atoms with Crippen LogP contribution < -0.4 is 9.80 Å². The molecule has 0 bridgehead atoms. The summed E-state index contributed by atoms with van der Waals surface area (Å²) in [5.74, 6) is -2.34. The standard InChI is InChI=1S/C9H6F2N2O4.C9H8N2O4/c10-6-3-5(13(15)16)4-7(11)8(6)12-1-2-17-9(12)14;12-9-10(5-6-15-9)7-1-3-8(4-2-7)11(13)14/h3-4H,1-2H2;1-4H,5-6H2. The lowest BCUT2D eigenvalue weighted by molar-refractivity contribution is -0.385. The van der Waals surface area contributed by atoms with Gasteiger partial charge in [0, 0.05) is 17.8 Å². The highest BCUT2D eigenvalue weighted by Crippen LogP contribution is 2.29. The molecule has 0 atom stereocenters. The molecule has 2 aliphatic heterocycles. The number of amides is 2. The van der Waals surface area contributed by atoms with Crippen LogP contribution in [0, 0.1) is 31.9 Å². The zero-order valence-corrected chi connectivity index (χ0v) is 16.1. The highest BCUT2D eigenvalue weighted by molar-refractivity contribution is 5.90. The second kappa shape index (κ2) is 9.20. The summed E-state index contributed by atoms with van der Waals surface area (Å²) in [5, 5.41) is 20.8. The predicted molar refractivity (Wildman–Crippen MR) is 103 cm³/mol. The van der Waals surface area contributed by atoms with Crippen LogP contribution in [0.2, 0.25) is 0 Å². The Balaban J connectivity index is 0.000000182. The molecule has 0 aliphatic carbocycles. The maximum Gasteiger partial charge on any atom is 0.414 e. The summed E-state index contributed by atoms with van der Waals surface area (Å²) in [4.78, 5) is 43.9. The summed E-state index contributed by atoms with van der Waals surface area (Å²) in [6.07, 6.45) is -1.29. The third kappa shape index (κ3) is 4.69. The van der Waals surface area contributed by atoms with Gasteiger partial charge in [0.2, 0.25) is 0 Å². The summed E-state index contributed by atoms with van der Waals surface area (Å²) >= 11 is 0. The van der Waals surface area contributed by atoms with Gasteiger partial charge in [0.25, 0.3) is 11.4 Å². The van der Waals surface area contributed by atoms with Gasteiger partial charge in [0.05, 0.1) is 35.1 Å². The monoisotopic (exact) mass is 452 g/mol. The second-order valence-electron chi connectivity index (χ2n) is 6.32. The zero-order valence-electron chi connectivity index (χ0n) is 16.1. The smallest absolute Gasteiger partial charge is 0.414 e. The van der Waals surface area contributed by atoms with Crippen LogP contribution in [0.15, 0.2) is 36.4 Å². The maximum absolute atomic E-state index is 13.5. The van der Waals surface area contributed by atoms with Crippen LogP contribution in [-0.2, 0) is 9.47 Å². The quantitative estimate of drug-likeness (QED) is 0.507. The molecule has 12 nitrogen and oxygen atoms in total. The van der Waals surface area contributed by atoms with Gasteiger partial charge in [-0.05, 0) is 12.1 Å². The lowest BCUT2D eigenvalue weighted by Crippen LogP contribution is -2.25. The summed E-state index contributed by atoms with van der Waals surface area (Å²) < 4.78 is 36.3. The van der Waals surface area contributed by atoms with E-state index < -0.39 is 45.0 Å². The SMILES string of the molecule is O=C1OCCN1c1c(F)cc([N+](=O)[O-])cc1F.O=C1OCCN1c1ccc([N+](=O)[O-])cc1. The van der Waals surface area contributed by atoms with Gasteiger partial charge in [0.15, 0.2) is 11.6 Å². The molecule has 0 aromatic heterocycles. The number of carbonyl (C=O) groups is 2. The van der Waals surface area contributed by atoms with Crippen molar-refractivity contribution in [3.8, 4) is 0 Å². The molecular formula is C18H14F2N4O8. The van der Waals surface area contributed by atoms with Crippen LogP contribution in [0.1, 0.15) is 0 Å². The van der Waals surface area contributed by atoms with E-state index in [4.69, 9.17) is 4.74 Å². The molecule has 0 unspecified atom stereocenters. The average Bonchev–Trinajstić information content (AvgIpc) is 3.36. The maximum atomic E-state index is 13.5. The Morgan fingerprint density at radius 2 is 1.25 bits per heavy atom. The van der Waals surface area contributed by atoms with Crippen molar-refractivity contribution in [2.45, 2.75) is 0 Å². The largest absolute Gasteiger partial charge is 0.447 e. The Kier molecular flexibility index (Phi) is 6.42. The zero-order chi connectivity index (χ0) is 23.4. The number of nitro groups is 2. The first kappa shape index (κ1) is 22.3. The molecule has 2 aromatic carbocycles. The Hall–Kier alpha value is -4.36. The molecule has 14 heteroatoms. The minimum Gasteiger partial charge on any atom is -0.447 e. The summed E-state index contributed by atoms with van der Waals surface area (Å²) in [5.41, 5.74) is -0.719. The van der Waals surface area contributed by atoms with Crippen molar-refractivity contribution >= 4 is 34.9 Å². The van der Waals surface area contributed by atoms with E-state index in [-0.39, 0.29) is 18.8 Å². The van der Waals surface area contributed by atoms with E-state index in [1.54, 1.807) is 0 Å². The normalized spacial score (nSPS) is 15.1. The number of halogens is 2. The molecule has 168 valence electrons.